The number of hydrogen-bond acceptors (Lipinski definition) is 2. The first kappa shape index (κ1) is 14.4. The number of fused-ring (bicyclic) bond motifs is 1. The second-order valence-electron chi connectivity index (χ2n) is 4.78. The highest BCUT2D eigenvalue weighted by Crippen LogP contribution is 2.27. The van der Waals surface area contributed by atoms with Gasteiger partial charge in [0.25, 0.3) is 0 Å². The van der Waals surface area contributed by atoms with E-state index in [2.05, 4.69) is 17.2 Å². The average molecular weight is 281 g/mol. The lowest BCUT2D eigenvalue weighted by atomic mass is 10.2. The van der Waals surface area contributed by atoms with Gasteiger partial charge in [0.1, 0.15) is 0 Å². The van der Waals surface area contributed by atoms with Crippen molar-refractivity contribution in [2.24, 2.45) is 0 Å². The molecule has 104 valence electrons. The van der Waals surface area contributed by atoms with Gasteiger partial charge >= 0.3 is 0 Å². The van der Waals surface area contributed by atoms with Crippen LogP contribution in [-0.2, 0) is 11.3 Å². The zero-order valence-corrected chi connectivity index (χ0v) is 12.3. The number of aromatic nitrogens is 1. The highest BCUT2D eigenvalue weighted by Gasteiger charge is 2.11. The summed E-state index contributed by atoms with van der Waals surface area (Å²) in [5.41, 5.74) is 2.13. The van der Waals surface area contributed by atoms with E-state index in [9.17, 15) is 0 Å². The molecule has 2 rings (SSSR count). The maximum atomic E-state index is 6.39. The monoisotopic (exact) mass is 280 g/mol. The van der Waals surface area contributed by atoms with Gasteiger partial charge in [-0.15, -0.1) is 0 Å². The van der Waals surface area contributed by atoms with Crippen LogP contribution >= 0.6 is 11.6 Å². The lowest BCUT2D eigenvalue weighted by Gasteiger charge is -2.16. The molecule has 2 aromatic rings. The van der Waals surface area contributed by atoms with E-state index in [1.54, 1.807) is 7.11 Å². The lowest BCUT2D eigenvalue weighted by Crippen LogP contribution is -2.32. The zero-order valence-electron chi connectivity index (χ0n) is 11.5. The number of aromatic amines is 1. The van der Waals surface area contributed by atoms with Crippen molar-refractivity contribution >= 4 is 22.5 Å². The third kappa shape index (κ3) is 3.50. The van der Waals surface area contributed by atoms with Crippen molar-refractivity contribution in [3.8, 4) is 0 Å². The van der Waals surface area contributed by atoms with E-state index in [-0.39, 0.29) is 0 Å². The first-order valence-electron chi connectivity index (χ1n) is 6.73. The molecule has 0 saturated heterocycles. The molecule has 0 amide bonds. The Hall–Kier alpha value is -1.03. The third-order valence-electron chi connectivity index (χ3n) is 3.29. The van der Waals surface area contributed by atoms with Gasteiger partial charge < -0.3 is 15.0 Å². The van der Waals surface area contributed by atoms with Crippen LogP contribution in [0.5, 0.6) is 0 Å². The van der Waals surface area contributed by atoms with E-state index >= 15 is 0 Å². The third-order valence-corrected chi connectivity index (χ3v) is 3.72. The highest BCUT2D eigenvalue weighted by molar-refractivity contribution is 6.36. The molecular weight excluding hydrogens is 260 g/mol. The minimum atomic E-state index is 0.373. The number of rotatable bonds is 7. The topological polar surface area (TPSA) is 37.0 Å². The smallest absolute Gasteiger partial charge is 0.0705 e. The predicted octanol–water partition coefficient (Wildman–Crippen LogP) is 3.73. The molecule has 1 heterocycles. The van der Waals surface area contributed by atoms with Crippen molar-refractivity contribution in [3.63, 3.8) is 0 Å². The van der Waals surface area contributed by atoms with Gasteiger partial charge in [-0.05, 0) is 12.5 Å². The number of ether oxygens (including phenoxy) is 1. The molecule has 1 atom stereocenters. The summed E-state index contributed by atoms with van der Waals surface area (Å²) in [5.74, 6) is 0. The normalized spacial score (nSPS) is 13.0. The van der Waals surface area contributed by atoms with Crippen LogP contribution in [0.15, 0.2) is 24.3 Å². The van der Waals surface area contributed by atoms with Crippen molar-refractivity contribution < 1.29 is 4.74 Å². The number of benzene rings is 1. The molecule has 0 aliphatic rings. The maximum absolute atomic E-state index is 6.39. The fraction of sp³-hybridized carbons (Fsp3) is 0.467. The lowest BCUT2D eigenvalue weighted by molar-refractivity contribution is 0.161. The first-order valence-corrected chi connectivity index (χ1v) is 7.11. The summed E-state index contributed by atoms with van der Waals surface area (Å²) in [7, 11) is 1.74. The average Bonchev–Trinajstić information content (AvgIpc) is 2.74. The van der Waals surface area contributed by atoms with E-state index in [4.69, 9.17) is 16.3 Å². The fourth-order valence-electron chi connectivity index (χ4n) is 2.33. The summed E-state index contributed by atoms with van der Waals surface area (Å²) in [6.45, 7) is 3.65. The van der Waals surface area contributed by atoms with E-state index < -0.39 is 0 Å². The Balaban J connectivity index is 2.06. The standard InChI is InChI=1S/C15H21ClN2O/c1-3-6-11(10-19-2)17-9-14-15(16)12-7-4-5-8-13(12)18-14/h4-5,7-8,11,17-18H,3,6,9-10H2,1-2H3. The van der Waals surface area contributed by atoms with Gasteiger partial charge in [0.15, 0.2) is 0 Å². The first-order chi connectivity index (χ1) is 9.26. The number of para-hydroxylation sites is 1. The number of nitrogens with one attached hydrogen (secondary N) is 2. The van der Waals surface area contributed by atoms with Crippen molar-refractivity contribution in [2.75, 3.05) is 13.7 Å². The van der Waals surface area contributed by atoms with E-state index in [0.29, 0.717) is 6.04 Å². The Bertz CT molecular complexity index is 518. The van der Waals surface area contributed by atoms with Gasteiger partial charge in [-0.25, -0.2) is 0 Å². The molecule has 0 spiro atoms. The summed E-state index contributed by atoms with van der Waals surface area (Å²) in [6, 6.07) is 8.47. The number of H-pyrrole nitrogens is 1. The summed E-state index contributed by atoms with van der Waals surface area (Å²) < 4.78 is 5.23. The predicted molar refractivity (Wildman–Crippen MR) is 80.7 cm³/mol. The van der Waals surface area contributed by atoms with Crippen molar-refractivity contribution in [1.82, 2.24) is 10.3 Å². The minimum Gasteiger partial charge on any atom is -0.383 e. The van der Waals surface area contributed by atoms with E-state index in [1.165, 1.54) is 0 Å². The fourth-order valence-corrected chi connectivity index (χ4v) is 2.60. The van der Waals surface area contributed by atoms with Gasteiger partial charge in [0.05, 0.1) is 11.6 Å². The Labute approximate surface area is 119 Å². The molecule has 0 fully saturated rings. The molecule has 0 bridgehead atoms. The van der Waals surface area contributed by atoms with Gasteiger partial charge in [0, 0.05) is 36.3 Å². The van der Waals surface area contributed by atoms with E-state index in [1.807, 2.05) is 24.3 Å². The van der Waals surface area contributed by atoms with Gasteiger partial charge in [-0.2, -0.15) is 0 Å². The number of hydrogen-bond donors (Lipinski definition) is 2. The quantitative estimate of drug-likeness (QED) is 0.811. The minimum absolute atomic E-state index is 0.373. The van der Waals surface area contributed by atoms with Crippen LogP contribution in [0, 0.1) is 0 Å². The van der Waals surface area contributed by atoms with Crippen molar-refractivity contribution in [1.29, 1.82) is 0 Å². The molecule has 3 nitrogen and oxygen atoms in total. The second-order valence-corrected chi connectivity index (χ2v) is 5.16. The van der Waals surface area contributed by atoms with Gasteiger partial charge in [-0.3, -0.25) is 0 Å². The molecule has 1 unspecified atom stereocenters. The Morgan fingerprint density at radius 3 is 2.84 bits per heavy atom. The maximum Gasteiger partial charge on any atom is 0.0705 e. The molecule has 0 aliphatic heterocycles. The number of methoxy groups -OCH3 is 1. The summed E-state index contributed by atoms with van der Waals surface area (Å²) >= 11 is 6.39. The summed E-state index contributed by atoms with van der Waals surface area (Å²) in [4.78, 5) is 3.37. The molecular formula is C15H21ClN2O. The molecule has 4 heteroatoms. The summed E-state index contributed by atoms with van der Waals surface area (Å²) in [6.07, 6.45) is 2.24. The molecule has 0 aliphatic carbocycles. The Morgan fingerprint density at radius 2 is 2.16 bits per heavy atom. The summed E-state index contributed by atoms with van der Waals surface area (Å²) in [5, 5.41) is 5.40. The SMILES string of the molecule is CCCC(COC)NCc1[nH]c2ccccc2c1Cl. The van der Waals surface area contributed by atoms with Crippen LogP contribution in [-0.4, -0.2) is 24.7 Å². The van der Waals surface area contributed by atoms with E-state index in [0.717, 1.165) is 47.6 Å². The van der Waals surface area contributed by atoms with Crippen molar-refractivity contribution in [2.45, 2.75) is 32.4 Å². The highest BCUT2D eigenvalue weighted by atomic mass is 35.5. The van der Waals surface area contributed by atoms with Crippen molar-refractivity contribution in [3.05, 3.63) is 35.0 Å². The largest absolute Gasteiger partial charge is 0.383 e. The molecule has 19 heavy (non-hydrogen) atoms. The zero-order chi connectivity index (χ0) is 13.7. The Morgan fingerprint density at radius 1 is 1.37 bits per heavy atom. The molecule has 0 radical (unpaired) electrons. The number of halogens is 1. The van der Waals surface area contributed by atoms with Crippen LogP contribution in [0.3, 0.4) is 0 Å². The molecule has 1 aromatic heterocycles. The van der Waals surface area contributed by atoms with Crippen LogP contribution in [0.1, 0.15) is 25.5 Å². The van der Waals surface area contributed by atoms with Crippen LogP contribution in [0.2, 0.25) is 5.02 Å². The van der Waals surface area contributed by atoms with Gasteiger partial charge in [0.2, 0.25) is 0 Å². The molecule has 0 saturated carbocycles. The van der Waals surface area contributed by atoms with Crippen LogP contribution < -0.4 is 5.32 Å². The van der Waals surface area contributed by atoms with Crippen LogP contribution in [0.4, 0.5) is 0 Å². The molecule has 1 aromatic carbocycles. The van der Waals surface area contributed by atoms with Crippen LogP contribution in [0.25, 0.3) is 10.9 Å². The molecule has 2 N–H and O–H groups in total. The van der Waals surface area contributed by atoms with Gasteiger partial charge in [-0.1, -0.05) is 43.1 Å². The Kier molecular flexibility index (Phi) is 5.25. The second kappa shape index (κ2) is 6.94.